The molecule has 1 aromatic rings. The molecule has 1 aromatic heterocycles. The first kappa shape index (κ1) is 10.5. The van der Waals surface area contributed by atoms with E-state index < -0.39 is 0 Å². The first-order valence-corrected chi connectivity index (χ1v) is 5.02. The predicted molar refractivity (Wildman–Crippen MR) is 56.8 cm³/mol. The van der Waals surface area contributed by atoms with E-state index in [0.717, 1.165) is 16.6 Å². The van der Waals surface area contributed by atoms with E-state index in [-0.39, 0.29) is 5.56 Å². The standard InChI is InChI=1S/C9H13BrN2O/c1-7-8(10)3-4-9(13)12(7)6-2-5-11/h3-4H,2,5-6,11H2,1H3. The second kappa shape index (κ2) is 4.58. The number of pyridine rings is 1. The molecule has 0 amide bonds. The van der Waals surface area contributed by atoms with E-state index in [2.05, 4.69) is 15.9 Å². The van der Waals surface area contributed by atoms with Gasteiger partial charge in [0.2, 0.25) is 0 Å². The average Bonchev–Trinajstić information content (AvgIpc) is 2.12. The second-order valence-electron chi connectivity index (χ2n) is 2.90. The van der Waals surface area contributed by atoms with Gasteiger partial charge in [0.15, 0.2) is 0 Å². The van der Waals surface area contributed by atoms with Crippen LogP contribution in [0.4, 0.5) is 0 Å². The van der Waals surface area contributed by atoms with Crippen LogP contribution in [0, 0.1) is 6.92 Å². The Morgan fingerprint density at radius 2 is 2.23 bits per heavy atom. The molecule has 13 heavy (non-hydrogen) atoms. The van der Waals surface area contributed by atoms with Crippen molar-refractivity contribution in [1.29, 1.82) is 0 Å². The van der Waals surface area contributed by atoms with Crippen molar-refractivity contribution in [2.45, 2.75) is 19.9 Å². The van der Waals surface area contributed by atoms with Gasteiger partial charge in [0.25, 0.3) is 5.56 Å². The summed E-state index contributed by atoms with van der Waals surface area (Å²) in [6.07, 6.45) is 0.831. The van der Waals surface area contributed by atoms with Gasteiger partial charge in [-0.1, -0.05) is 0 Å². The summed E-state index contributed by atoms with van der Waals surface area (Å²) in [6, 6.07) is 3.34. The topological polar surface area (TPSA) is 48.0 Å². The molecule has 2 N–H and O–H groups in total. The first-order valence-electron chi connectivity index (χ1n) is 4.23. The summed E-state index contributed by atoms with van der Waals surface area (Å²) in [5.41, 5.74) is 6.38. The Morgan fingerprint density at radius 1 is 1.54 bits per heavy atom. The van der Waals surface area contributed by atoms with Gasteiger partial charge in [-0.25, -0.2) is 0 Å². The van der Waals surface area contributed by atoms with Crippen molar-refractivity contribution < 1.29 is 0 Å². The van der Waals surface area contributed by atoms with Crippen molar-refractivity contribution in [1.82, 2.24) is 4.57 Å². The van der Waals surface area contributed by atoms with Crippen molar-refractivity contribution in [3.63, 3.8) is 0 Å². The molecule has 0 atom stereocenters. The number of aromatic nitrogens is 1. The van der Waals surface area contributed by atoms with Gasteiger partial charge < -0.3 is 10.3 Å². The van der Waals surface area contributed by atoms with E-state index in [1.54, 1.807) is 16.7 Å². The Hall–Kier alpha value is -0.610. The van der Waals surface area contributed by atoms with Gasteiger partial charge in [-0.3, -0.25) is 4.79 Å². The molecule has 0 aliphatic heterocycles. The van der Waals surface area contributed by atoms with Crippen LogP contribution in [0.2, 0.25) is 0 Å². The molecule has 0 radical (unpaired) electrons. The van der Waals surface area contributed by atoms with E-state index in [1.807, 2.05) is 6.92 Å². The Labute approximate surface area is 85.7 Å². The van der Waals surface area contributed by atoms with E-state index in [0.29, 0.717) is 13.1 Å². The highest BCUT2D eigenvalue weighted by Gasteiger charge is 2.02. The van der Waals surface area contributed by atoms with E-state index >= 15 is 0 Å². The number of nitrogens with zero attached hydrogens (tertiary/aromatic N) is 1. The lowest BCUT2D eigenvalue weighted by atomic mass is 10.3. The third-order valence-corrected chi connectivity index (χ3v) is 2.81. The molecule has 0 saturated carbocycles. The number of rotatable bonds is 3. The van der Waals surface area contributed by atoms with Gasteiger partial charge in [0.1, 0.15) is 0 Å². The zero-order chi connectivity index (χ0) is 9.84. The van der Waals surface area contributed by atoms with Crippen LogP contribution in [0.15, 0.2) is 21.4 Å². The summed E-state index contributed by atoms with van der Waals surface area (Å²) >= 11 is 3.38. The molecule has 72 valence electrons. The second-order valence-corrected chi connectivity index (χ2v) is 3.75. The molecule has 0 saturated heterocycles. The summed E-state index contributed by atoms with van der Waals surface area (Å²) in [7, 11) is 0. The molecule has 0 bridgehead atoms. The van der Waals surface area contributed by atoms with Crippen molar-refractivity contribution >= 4 is 15.9 Å². The van der Waals surface area contributed by atoms with Gasteiger partial charge in [-0.05, 0) is 41.9 Å². The quantitative estimate of drug-likeness (QED) is 0.871. The Balaban J connectivity index is 3.03. The molecule has 0 aliphatic rings. The fourth-order valence-corrected chi connectivity index (χ4v) is 1.52. The average molecular weight is 245 g/mol. The van der Waals surface area contributed by atoms with Crippen LogP contribution >= 0.6 is 15.9 Å². The Kier molecular flexibility index (Phi) is 3.69. The molecular formula is C9H13BrN2O. The molecule has 0 aromatic carbocycles. The minimum atomic E-state index is 0.0363. The lowest BCUT2D eigenvalue weighted by Gasteiger charge is -2.09. The highest BCUT2D eigenvalue weighted by atomic mass is 79.9. The number of hydrogen-bond acceptors (Lipinski definition) is 2. The van der Waals surface area contributed by atoms with E-state index in [9.17, 15) is 4.79 Å². The van der Waals surface area contributed by atoms with Crippen molar-refractivity contribution in [3.8, 4) is 0 Å². The van der Waals surface area contributed by atoms with E-state index in [4.69, 9.17) is 5.73 Å². The zero-order valence-electron chi connectivity index (χ0n) is 7.59. The SMILES string of the molecule is Cc1c(Br)ccc(=O)n1CCCN. The Bertz CT molecular complexity index is 346. The normalized spacial score (nSPS) is 10.4. The lowest BCUT2D eigenvalue weighted by molar-refractivity contribution is 0.612. The minimum Gasteiger partial charge on any atom is -0.330 e. The monoisotopic (exact) mass is 244 g/mol. The lowest BCUT2D eigenvalue weighted by Crippen LogP contribution is -2.22. The van der Waals surface area contributed by atoms with Crippen molar-refractivity contribution in [3.05, 3.63) is 32.7 Å². The molecule has 0 aliphatic carbocycles. The smallest absolute Gasteiger partial charge is 0.250 e. The minimum absolute atomic E-state index is 0.0363. The number of halogens is 1. The molecule has 1 rings (SSSR count). The largest absolute Gasteiger partial charge is 0.330 e. The molecule has 0 unspecified atom stereocenters. The van der Waals surface area contributed by atoms with Crippen LogP contribution in [-0.2, 0) is 6.54 Å². The van der Waals surface area contributed by atoms with Gasteiger partial charge in [-0.2, -0.15) is 0 Å². The third-order valence-electron chi connectivity index (χ3n) is 1.97. The van der Waals surface area contributed by atoms with Crippen LogP contribution in [0.25, 0.3) is 0 Å². The molecule has 0 fully saturated rings. The summed E-state index contributed by atoms with van der Waals surface area (Å²) in [5.74, 6) is 0. The van der Waals surface area contributed by atoms with Crippen LogP contribution in [-0.4, -0.2) is 11.1 Å². The van der Waals surface area contributed by atoms with Gasteiger partial charge in [0.05, 0.1) is 0 Å². The number of nitrogens with two attached hydrogens (primary N) is 1. The van der Waals surface area contributed by atoms with Crippen LogP contribution in [0.5, 0.6) is 0 Å². The molecule has 0 spiro atoms. The van der Waals surface area contributed by atoms with Gasteiger partial charge >= 0.3 is 0 Å². The molecule has 4 heteroatoms. The van der Waals surface area contributed by atoms with Crippen molar-refractivity contribution in [2.75, 3.05) is 6.54 Å². The van der Waals surface area contributed by atoms with Crippen LogP contribution in [0.1, 0.15) is 12.1 Å². The molecule has 1 heterocycles. The maximum atomic E-state index is 11.4. The number of hydrogen-bond donors (Lipinski definition) is 1. The fraction of sp³-hybridized carbons (Fsp3) is 0.444. The maximum Gasteiger partial charge on any atom is 0.250 e. The zero-order valence-corrected chi connectivity index (χ0v) is 9.17. The predicted octanol–water partition coefficient (Wildman–Crippen LogP) is 1.27. The summed E-state index contributed by atoms with van der Waals surface area (Å²) in [4.78, 5) is 11.4. The van der Waals surface area contributed by atoms with Crippen LogP contribution in [0.3, 0.4) is 0 Å². The molecule has 3 nitrogen and oxygen atoms in total. The third kappa shape index (κ3) is 2.42. The summed E-state index contributed by atoms with van der Waals surface area (Å²) in [6.45, 7) is 3.22. The van der Waals surface area contributed by atoms with Crippen LogP contribution < -0.4 is 11.3 Å². The summed E-state index contributed by atoms with van der Waals surface area (Å²) in [5, 5.41) is 0. The highest BCUT2D eigenvalue weighted by molar-refractivity contribution is 9.10. The van der Waals surface area contributed by atoms with Gasteiger partial charge in [-0.15, -0.1) is 0 Å². The summed E-state index contributed by atoms with van der Waals surface area (Å²) < 4.78 is 2.70. The molecular weight excluding hydrogens is 232 g/mol. The maximum absolute atomic E-state index is 11.4. The van der Waals surface area contributed by atoms with Gasteiger partial charge in [0, 0.05) is 22.8 Å². The first-order chi connectivity index (χ1) is 6.16. The highest BCUT2D eigenvalue weighted by Crippen LogP contribution is 2.12. The fourth-order valence-electron chi connectivity index (χ4n) is 1.18. The van der Waals surface area contributed by atoms with Crippen molar-refractivity contribution in [2.24, 2.45) is 5.73 Å². The Morgan fingerprint density at radius 3 is 2.85 bits per heavy atom. The van der Waals surface area contributed by atoms with E-state index in [1.165, 1.54) is 0 Å².